The minimum atomic E-state index is -0.913. The predicted molar refractivity (Wildman–Crippen MR) is 130 cm³/mol. The van der Waals surface area contributed by atoms with E-state index >= 15 is 0 Å². The van der Waals surface area contributed by atoms with Crippen molar-refractivity contribution in [3.63, 3.8) is 0 Å². The highest BCUT2D eigenvalue weighted by atomic mass is 16.5. The zero-order valence-corrected chi connectivity index (χ0v) is 20.2. The van der Waals surface area contributed by atoms with E-state index in [1.54, 1.807) is 14.2 Å². The van der Waals surface area contributed by atoms with Gasteiger partial charge >= 0.3 is 6.03 Å². The molecule has 2 N–H and O–H groups in total. The zero-order valence-electron chi connectivity index (χ0n) is 20.2. The smallest absolute Gasteiger partial charge is 0.325 e. The highest BCUT2D eigenvalue weighted by Gasteiger charge is 2.52. The van der Waals surface area contributed by atoms with Gasteiger partial charge in [0, 0.05) is 26.2 Å². The van der Waals surface area contributed by atoms with E-state index in [0.717, 1.165) is 17.0 Å². The molecule has 2 aromatic carbocycles. The van der Waals surface area contributed by atoms with E-state index in [-0.39, 0.29) is 18.4 Å². The molecule has 0 unspecified atom stereocenters. The van der Waals surface area contributed by atoms with Crippen LogP contribution >= 0.6 is 0 Å². The Morgan fingerprint density at radius 3 is 2.40 bits per heavy atom. The first-order valence-electron chi connectivity index (χ1n) is 11.8. The van der Waals surface area contributed by atoms with Crippen molar-refractivity contribution in [2.45, 2.75) is 31.3 Å². The van der Waals surface area contributed by atoms with Gasteiger partial charge in [0.25, 0.3) is 5.91 Å². The van der Waals surface area contributed by atoms with Gasteiger partial charge < -0.3 is 20.1 Å². The highest BCUT2D eigenvalue weighted by Crippen LogP contribution is 2.30. The van der Waals surface area contributed by atoms with Crippen molar-refractivity contribution < 1.29 is 23.9 Å². The van der Waals surface area contributed by atoms with Crippen LogP contribution in [0.25, 0.3) is 0 Å². The van der Waals surface area contributed by atoms with E-state index in [2.05, 4.69) is 27.7 Å². The van der Waals surface area contributed by atoms with Gasteiger partial charge in [0.1, 0.15) is 12.1 Å². The van der Waals surface area contributed by atoms with Crippen LogP contribution in [0.15, 0.2) is 48.5 Å². The van der Waals surface area contributed by atoms with Gasteiger partial charge in [-0.3, -0.25) is 19.4 Å². The number of carbonyl (C=O) groups is 3. The number of methoxy groups -OCH3 is 2. The second-order valence-corrected chi connectivity index (χ2v) is 8.95. The lowest BCUT2D eigenvalue weighted by Crippen LogP contribution is -2.55. The van der Waals surface area contributed by atoms with Crippen LogP contribution in [0.3, 0.4) is 0 Å². The summed E-state index contributed by atoms with van der Waals surface area (Å²) in [6.45, 7) is 2.30. The van der Waals surface area contributed by atoms with Gasteiger partial charge in [-0.05, 0) is 42.5 Å². The number of rotatable bonds is 9. The molecule has 0 radical (unpaired) electrons. The third-order valence-corrected chi connectivity index (χ3v) is 6.69. The normalized spacial score (nSPS) is 17.4. The van der Waals surface area contributed by atoms with Crippen molar-refractivity contribution >= 4 is 17.8 Å². The molecule has 0 aromatic heterocycles. The number of amides is 4. The quantitative estimate of drug-likeness (QED) is 0.532. The minimum Gasteiger partial charge on any atom is -0.493 e. The molecular formula is C26H32N4O5. The van der Waals surface area contributed by atoms with Crippen LogP contribution < -0.4 is 20.1 Å². The number of benzene rings is 2. The molecular weight excluding hydrogens is 448 g/mol. The molecule has 35 heavy (non-hydrogen) atoms. The summed E-state index contributed by atoms with van der Waals surface area (Å²) in [5, 5.41) is 5.67. The second-order valence-electron chi connectivity index (χ2n) is 8.95. The van der Waals surface area contributed by atoms with E-state index in [4.69, 9.17) is 9.47 Å². The van der Waals surface area contributed by atoms with E-state index in [1.165, 1.54) is 5.56 Å². The molecule has 2 aliphatic heterocycles. The van der Waals surface area contributed by atoms with Crippen molar-refractivity contribution in [1.29, 1.82) is 0 Å². The van der Waals surface area contributed by atoms with Gasteiger partial charge in [-0.25, -0.2) is 4.79 Å². The van der Waals surface area contributed by atoms with Crippen LogP contribution in [0.2, 0.25) is 0 Å². The molecule has 2 aliphatic rings. The number of carbonyl (C=O) groups excluding carboxylic acids is 3. The zero-order chi connectivity index (χ0) is 24.8. The molecule has 186 valence electrons. The van der Waals surface area contributed by atoms with Crippen LogP contribution in [0.4, 0.5) is 4.79 Å². The fourth-order valence-corrected chi connectivity index (χ4v) is 4.68. The van der Waals surface area contributed by atoms with E-state index in [9.17, 15) is 14.4 Å². The standard InChI is InChI=1S/C26H32N4O5/c1-34-21-9-8-19(16-22(21)35-2)10-13-27-23(31)18-30-24(32)26(28-25(30)33)11-14-29(15-12-26)17-20-6-4-3-5-7-20/h3-9,16H,10-15,17-18H2,1-2H3,(H,27,31)(H,28,33). The van der Waals surface area contributed by atoms with Crippen LogP contribution in [0.1, 0.15) is 24.0 Å². The number of imide groups is 1. The molecule has 2 saturated heterocycles. The van der Waals surface area contributed by atoms with E-state index < -0.39 is 11.6 Å². The summed E-state index contributed by atoms with van der Waals surface area (Å²) in [5.74, 6) is 0.582. The number of likely N-dealkylation sites (tertiary alicyclic amines) is 1. The molecule has 0 atom stereocenters. The first-order chi connectivity index (χ1) is 16.9. The summed E-state index contributed by atoms with van der Waals surface area (Å²) in [7, 11) is 3.15. The predicted octanol–water partition coefficient (Wildman–Crippen LogP) is 1.95. The molecule has 9 nitrogen and oxygen atoms in total. The maximum Gasteiger partial charge on any atom is 0.325 e. The van der Waals surface area contributed by atoms with Gasteiger partial charge in [-0.15, -0.1) is 0 Å². The topological polar surface area (TPSA) is 100 Å². The lowest BCUT2D eigenvalue weighted by Gasteiger charge is -2.37. The van der Waals surface area contributed by atoms with Crippen molar-refractivity contribution in [1.82, 2.24) is 20.4 Å². The average Bonchev–Trinajstić information content (AvgIpc) is 3.10. The Hall–Kier alpha value is -3.59. The molecule has 4 amide bonds. The van der Waals surface area contributed by atoms with Gasteiger partial charge in [0.2, 0.25) is 5.91 Å². The number of ether oxygens (including phenoxy) is 2. The largest absolute Gasteiger partial charge is 0.493 e. The Morgan fingerprint density at radius 1 is 1.00 bits per heavy atom. The number of nitrogens with one attached hydrogen (secondary N) is 2. The summed E-state index contributed by atoms with van der Waals surface area (Å²) < 4.78 is 10.5. The summed E-state index contributed by atoms with van der Waals surface area (Å²) >= 11 is 0. The number of nitrogens with zero attached hydrogens (tertiary/aromatic N) is 2. The third-order valence-electron chi connectivity index (χ3n) is 6.69. The Bertz CT molecular complexity index is 1070. The molecule has 2 heterocycles. The number of hydrogen-bond acceptors (Lipinski definition) is 6. The fraction of sp³-hybridized carbons (Fsp3) is 0.423. The lowest BCUT2D eigenvalue weighted by atomic mass is 9.87. The molecule has 0 aliphatic carbocycles. The Kier molecular flexibility index (Phi) is 7.55. The van der Waals surface area contributed by atoms with Crippen molar-refractivity contribution in [2.24, 2.45) is 0 Å². The second kappa shape index (κ2) is 10.8. The molecule has 4 rings (SSSR count). The van der Waals surface area contributed by atoms with E-state index in [1.807, 2.05) is 36.4 Å². The summed E-state index contributed by atoms with van der Waals surface area (Å²) in [5.41, 5.74) is 1.28. The Balaban J connectivity index is 1.26. The SMILES string of the molecule is COc1ccc(CCNC(=O)CN2C(=O)NC3(CCN(Cc4ccccc4)CC3)C2=O)cc1OC. The monoisotopic (exact) mass is 480 g/mol. The summed E-state index contributed by atoms with van der Waals surface area (Å²) in [6.07, 6.45) is 1.64. The number of piperidine rings is 1. The molecule has 0 bridgehead atoms. The molecule has 0 saturated carbocycles. The minimum absolute atomic E-state index is 0.286. The average molecular weight is 481 g/mol. The first-order valence-corrected chi connectivity index (χ1v) is 11.8. The van der Waals surface area contributed by atoms with Crippen molar-refractivity contribution in [3.8, 4) is 11.5 Å². The van der Waals surface area contributed by atoms with Crippen LogP contribution in [0.5, 0.6) is 11.5 Å². The number of urea groups is 1. The van der Waals surface area contributed by atoms with Crippen molar-refractivity contribution in [2.75, 3.05) is 40.4 Å². The van der Waals surface area contributed by atoms with Gasteiger partial charge in [-0.1, -0.05) is 36.4 Å². The van der Waals surface area contributed by atoms with Gasteiger partial charge in [0.05, 0.1) is 14.2 Å². The molecule has 9 heteroatoms. The van der Waals surface area contributed by atoms with Gasteiger partial charge in [0.15, 0.2) is 11.5 Å². The number of hydrogen-bond donors (Lipinski definition) is 2. The van der Waals surface area contributed by atoms with Crippen LogP contribution in [-0.4, -0.2) is 73.6 Å². The van der Waals surface area contributed by atoms with Crippen molar-refractivity contribution in [3.05, 3.63) is 59.7 Å². The van der Waals surface area contributed by atoms with Crippen LogP contribution in [-0.2, 0) is 22.6 Å². The Labute approximate surface area is 205 Å². The van der Waals surface area contributed by atoms with E-state index in [0.29, 0.717) is 50.4 Å². The molecule has 2 aromatic rings. The fourth-order valence-electron chi connectivity index (χ4n) is 4.68. The summed E-state index contributed by atoms with van der Waals surface area (Å²) in [6, 6.07) is 15.3. The van der Waals surface area contributed by atoms with Crippen LogP contribution in [0, 0.1) is 0 Å². The lowest BCUT2D eigenvalue weighted by molar-refractivity contribution is -0.136. The molecule has 2 fully saturated rings. The Morgan fingerprint density at radius 2 is 1.71 bits per heavy atom. The first kappa shape index (κ1) is 24.5. The highest BCUT2D eigenvalue weighted by molar-refractivity contribution is 6.09. The third kappa shape index (κ3) is 5.57. The summed E-state index contributed by atoms with van der Waals surface area (Å²) in [4.78, 5) is 41.5. The maximum absolute atomic E-state index is 13.1. The molecule has 1 spiro atoms. The van der Waals surface area contributed by atoms with Gasteiger partial charge in [-0.2, -0.15) is 0 Å². The maximum atomic E-state index is 13.1.